The van der Waals surface area contributed by atoms with E-state index >= 15 is 0 Å². The molecule has 1 unspecified atom stereocenters. The number of imidazole rings is 1. The van der Waals surface area contributed by atoms with Crippen molar-refractivity contribution in [2.24, 2.45) is 5.73 Å². The van der Waals surface area contributed by atoms with Crippen LogP contribution in [0.1, 0.15) is 34.5 Å². The van der Waals surface area contributed by atoms with E-state index < -0.39 is 0 Å². The maximum absolute atomic E-state index is 14.2. The molecule has 1 saturated heterocycles. The fourth-order valence-corrected chi connectivity index (χ4v) is 5.17. The Morgan fingerprint density at radius 1 is 0.975 bits per heavy atom. The van der Waals surface area contributed by atoms with E-state index in [1.165, 1.54) is 10.8 Å². The summed E-state index contributed by atoms with van der Waals surface area (Å²) < 4.78 is 8.61. The molecule has 10 heteroatoms. The van der Waals surface area contributed by atoms with Gasteiger partial charge in [-0.1, -0.05) is 60.7 Å². The molecule has 3 aromatic heterocycles. The van der Waals surface area contributed by atoms with Gasteiger partial charge >= 0.3 is 0 Å². The summed E-state index contributed by atoms with van der Waals surface area (Å²) in [5.74, 6) is 0.782. The summed E-state index contributed by atoms with van der Waals surface area (Å²) in [5.41, 5.74) is 8.67. The number of rotatable bonds is 9. The standard InChI is InChI=1S/C30H31N7O3/c31-23-13-7-15-35(19-23)30-34-27-26(36(30)18-22-11-5-2-6-12-22)28(39)37(20-24(38)25-14-8-16-40-25)29(33-27)32-17-21-9-3-1-4-10-21/h1-6,8-12,14,16,23H,7,13,15,17-20,31H2,(H,32,33). The van der Waals surface area contributed by atoms with E-state index in [0.717, 1.165) is 30.5 Å². The van der Waals surface area contributed by atoms with Crippen LogP contribution in [-0.2, 0) is 19.6 Å². The fourth-order valence-electron chi connectivity index (χ4n) is 5.17. The molecule has 5 aromatic rings. The van der Waals surface area contributed by atoms with Gasteiger partial charge in [-0.2, -0.15) is 9.97 Å². The van der Waals surface area contributed by atoms with Gasteiger partial charge in [0.15, 0.2) is 16.9 Å². The number of nitrogens with zero attached hydrogens (tertiary/aromatic N) is 5. The number of benzene rings is 2. The van der Waals surface area contributed by atoms with Crippen molar-refractivity contribution in [3.05, 3.63) is 106 Å². The Balaban J connectivity index is 1.49. The highest BCUT2D eigenvalue weighted by Crippen LogP contribution is 2.25. The number of hydrogen-bond acceptors (Lipinski definition) is 8. The molecule has 0 saturated carbocycles. The second-order valence-corrected chi connectivity index (χ2v) is 10.1. The second kappa shape index (κ2) is 11.2. The minimum absolute atomic E-state index is 0.0253. The van der Waals surface area contributed by atoms with Crippen LogP contribution in [0.4, 0.5) is 11.9 Å². The molecular weight excluding hydrogens is 506 g/mol. The normalized spacial score (nSPS) is 15.4. The Labute approximate surface area is 231 Å². The lowest BCUT2D eigenvalue weighted by atomic mass is 10.1. The highest BCUT2D eigenvalue weighted by Gasteiger charge is 2.27. The van der Waals surface area contributed by atoms with Gasteiger partial charge in [0.1, 0.15) is 0 Å². The number of nitrogens with two attached hydrogens (primary N) is 1. The van der Waals surface area contributed by atoms with Crippen molar-refractivity contribution in [3.8, 4) is 0 Å². The van der Waals surface area contributed by atoms with Crippen LogP contribution in [0.15, 0.2) is 88.3 Å². The monoisotopic (exact) mass is 537 g/mol. The number of anilines is 2. The van der Waals surface area contributed by atoms with Gasteiger partial charge in [-0.3, -0.25) is 18.7 Å². The Hall–Kier alpha value is -4.70. The molecule has 0 spiro atoms. The van der Waals surface area contributed by atoms with Gasteiger partial charge in [0.05, 0.1) is 19.4 Å². The first-order chi connectivity index (χ1) is 19.6. The van der Waals surface area contributed by atoms with E-state index in [-0.39, 0.29) is 35.6 Å². The molecule has 3 N–H and O–H groups in total. The maximum Gasteiger partial charge on any atom is 0.281 e. The average molecular weight is 538 g/mol. The zero-order valence-electron chi connectivity index (χ0n) is 22.1. The number of carbonyl (C=O) groups is 1. The van der Waals surface area contributed by atoms with Crippen LogP contribution in [0, 0.1) is 0 Å². The lowest BCUT2D eigenvalue weighted by molar-refractivity contribution is 0.0944. The third-order valence-corrected chi connectivity index (χ3v) is 7.16. The van der Waals surface area contributed by atoms with Crippen LogP contribution < -0.4 is 21.5 Å². The van der Waals surface area contributed by atoms with Crippen LogP contribution >= 0.6 is 0 Å². The summed E-state index contributed by atoms with van der Waals surface area (Å²) in [5, 5.41) is 3.26. The van der Waals surface area contributed by atoms with Crippen molar-refractivity contribution >= 4 is 28.8 Å². The largest absolute Gasteiger partial charge is 0.461 e. The van der Waals surface area contributed by atoms with E-state index in [9.17, 15) is 9.59 Å². The molecule has 40 heavy (non-hydrogen) atoms. The Morgan fingerprint density at radius 2 is 1.73 bits per heavy atom. The fraction of sp³-hybridized carbons (Fsp3) is 0.267. The van der Waals surface area contributed by atoms with Crippen molar-refractivity contribution in [2.45, 2.75) is 38.5 Å². The number of furan rings is 1. The molecule has 10 nitrogen and oxygen atoms in total. The number of hydrogen-bond donors (Lipinski definition) is 2. The minimum Gasteiger partial charge on any atom is -0.461 e. The average Bonchev–Trinajstić information content (AvgIpc) is 3.64. The Bertz CT molecular complexity index is 1660. The van der Waals surface area contributed by atoms with Crippen LogP contribution in [0.5, 0.6) is 0 Å². The Kier molecular flexibility index (Phi) is 7.15. The molecule has 1 aliphatic rings. The molecular formula is C30H31N7O3. The topological polar surface area (TPSA) is 124 Å². The van der Waals surface area contributed by atoms with Gasteiger partial charge in [0, 0.05) is 25.7 Å². The predicted octanol–water partition coefficient (Wildman–Crippen LogP) is 3.66. The first kappa shape index (κ1) is 25.6. The van der Waals surface area contributed by atoms with Crippen molar-refractivity contribution in [1.82, 2.24) is 19.1 Å². The first-order valence-electron chi connectivity index (χ1n) is 13.5. The maximum atomic E-state index is 14.2. The summed E-state index contributed by atoms with van der Waals surface area (Å²) in [4.78, 5) is 39.1. The predicted molar refractivity (Wildman–Crippen MR) is 154 cm³/mol. The summed E-state index contributed by atoms with van der Waals surface area (Å²) in [6, 6.07) is 23.0. The number of nitrogens with one attached hydrogen (secondary N) is 1. The number of carbonyl (C=O) groups excluding carboxylic acids is 1. The van der Waals surface area contributed by atoms with Crippen LogP contribution in [-0.4, -0.2) is 44.0 Å². The van der Waals surface area contributed by atoms with Crippen molar-refractivity contribution in [1.29, 1.82) is 0 Å². The van der Waals surface area contributed by atoms with Crippen molar-refractivity contribution in [3.63, 3.8) is 0 Å². The highest BCUT2D eigenvalue weighted by molar-refractivity contribution is 5.93. The minimum atomic E-state index is -0.351. The SMILES string of the molecule is NC1CCCN(c2nc3nc(NCc4ccccc4)n(CC(=O)c4ccco4)c(=O)c3n2Cc2ccccc2)C1. The molecule has 2 aromatic carbocycles. The van der Waals surface area contributed by atoms with Crippen LogP contribution in [0.25, 0.3) is 11.2 Å². The molecule has 0 amide bonds. The summed E-state index contributed by atoms with van der Waals surface area (Å²) in [6.45, 7) is 2.05. The van der Waals surface area contributed by atoms with Crippen LogP contribution in [0.3, 0.4) is 0 Å². The van der Waals surface area contributed by atoms with Gasteiger partial charge in [0.2, 0.25) is 17.7 Å². The van der Waals surface area contributed by atoms with Crippen LogP contribution in [0.2, 0.25) is 0 Å². The first-order valence-corrected chi connectivity index (χ1v) is 13.5. The number of ketones is 1. The van der Waals surface area contributed by atoms with Gasteiger partial charge in [0.25, 0.3) is 5.56 Å². The number of aromatic nitrogens is 4. The summed E-state index contributed by atoms with van der Waals surface area (Å²) in [7, 11) is 0. The molecule has 0 radical (unpaired) electrons. The highest BCUT2D eigenvalue weighted by atomic mass is 16.3. The third-order valence-electron chi connectivity index (χ3n) is 7.16. The van der Waals surface area contributed by atoms with Gasteiger partial charge in [-0.15, -0.1) is 0 Å². The van der Waals surface area contributed by atoms with Gasteiger partial charge in [-0.05, 0) is 36.1 Å². The summed E-state index contributed by atoms with van der Waals surface area (Å²) >= 11 is 0. The van der Waals surface area contributed by atoms with Gasteiger partial charge in [-0.25, -0.2) is 0 Å². The van der Waals surface area contributed by atoms with E-state index in [2.05, 4.69) is 10.2 Å². The van der Waals surface area contributed by atoms with E-state index in [1.807, 2.05) is 65.2 Å². The number of Topliss-reactive ketones (excluding diaryl/α,β-unsaturated/α-hetero) is 1. The molecule has 1 aliphatic heterocycles. The van der Waals surface area contributed by atoms with E-state index in [1.54, 1.807) is 12.1 Å². The molecule has 6 rings (SSSR count). The molecule has 204 valence electrons. The molecule has 1 atom stereocenters. The summed E-state index contributed by atoms with van der Waals surface area (Å²) in [6.07, 6.45) is 3.33. The number of fused-ring (bicyclic) bond motifs is 1. The third kappa shape index (κ3) is 5.26. The van der Waals surface area contributed by atoms with E-state index in [0.29, 0.717) is 36.7 Å². The smallest absolute Gasteiger partial charge is 0.281 e. The Morgan fingerprint density at radius 3 is 2.42 bits per heavy atom. The molecule has 4 heterocycles. The molecule has 0 bridgehead atoms. The van der Waals surface area contributed by atoms with E-state index in [4.69, 9.17) is 20.1 Å². The lowest BCUT2D eigenvalue weighted by Gasteiger charge is -2.31. The molecule has 1 fully saturated rings. The number of piperidine rings is 1. The zero-order chi connectivity index (χ0) is 27.5. The van der Waals surface area contributed by atoms with Crippen molar-refractivity contribution < 1.29 is 9.21 Å². The quantitative estimate of drug-likeness (QED) is 0.273. The lowest BCUT2D eigenvalue weighted by Crippen LogP contribution is -2.44. The van der Waals surface area contributed by atoms with Crippen molar-refractivity contribution in [2.75, 3.05) is 23.3 Å². The van der Waals surface area contributed by atoms with Gasteiger partial charge < -0.3 is 20.4 Å². The molecule has 0 aliphatic carbocycles. The zero-order valence-corrected chi connectivity index (χ0v) is 22.1. The second-order valence-electron chi connectivity index (χ2n) is 10.1.